The molecule has 0 aliphatic carbocycles. The number of hydrogen-bond acceptors (Lipinski definition) is 2. The second-order valence-electron chi connectivity index (χ2n) is 7.66. The Balaban J connectivity index is 1.96. The zero-order chi connectivity index (χ0) is 15.5. The lowest BCUT2D eigenvalue weighted by atomic mass is 9.85. The fraction of sp³-hybridized carbons (Fsp3) is 0.684. The standard InChI is InChI=1S/C19H31NO/c1-15(14-20-12-6-5-7-13-20)18(21)16-8-10-17(11-9-16)19(2,3)4/h8-11,15,18,21H,5-7,12-14H2,1-4H3. The van der Waals surface area contributed by atoms with Gasteiger partial charge < -0.3 is 10.0 Å². The molecule has 2 heteroatoms. The second kappa shape index (κ2) is 6.93. The fourth-order valence-electron chi connectivity index (χ4n) is 3.16. The highest BCUT2D eigenvalue weighted by Gasteiger charge is 2.21. The number of rotatable bonds is 4. The van der Waals surface area contributed by atoms with Crippen molar-refractivity contribution in [3.63, 3.8) is 0 Å². The monoisotopic (exact) mass is 289 g/mol. The summed E-state index contributed by atoms with van der Waals surface area (Å²) in [5.41, 5.74) is 2.54. The van der Waals surface area contributed by atoms with Crippen molar-refractivity contribution in [1.29, 1.82) is 0 Å². The van der Waals surface area contributed by atoms with Crippen molar-refractivity contribution < 1.29 is 5.11 Å². The molecule has 1 aliphatic rings. The van der Waals surface area contributed by atoms with Crippen molar-refractivity contribution in [2.75, 3.05) is 19.6 Å². The highest BCUT2D eigenvalue weighted by molar-refractivity contribution is 5.28. The molecule has 0 aromatic heterocycles. The van der Waals surface area contributed by atoms with E-state index in [1.165, 1.54) is 37.9 Å². The van der Waals surface area contributed by atoms with Gasteiger partial charge >= 0.3 is 0 Å². The van der Waals surface area contributed by atoms with E-state index in [9.17, 15) is 5.11 Å². The normalized spacial score (nSPS) is 20.2. The summed E-state index contributed by atoms with van der Waals surface area (Å²) in [6.07, 6.45) is 3.62. The van der Waals surface area contributed by atoms with Gasteiger partial charge in [-0.1, -0.05) is 58.4 Å². The van der Waals surface area contributed by atoms with Crippen molar-refractivity contribution >= 4 is 0 Å². The van der Waals surface area contributed by atoms with Crippen molar-refractivity contribution in [2.24, 2.45) is 5.92 Å². The Hall–Kier alpha value is -0.860. The van der Waals surface area contributed by atoms with Crippen molar-refractivity contribution in [3.05, 3.63) is 35.4 Å². The van der Waals surface area contributed by atoms with Crippen LogP contribution in [0, 0.1) is 5.92 Å². The molecule has 118 valence electrons. The molecule has 2 unspecified atom stereocenters. The van der Waals surface area contributed by atoms with E-state index in [0.29, 0.717) is 0 Å². The first-order valence-corrected chi connectivity index (χ1v) is 8.39. The van der Waals surface area contributed by atoms with Crippen molar-refractivity contribution in [1.82, 2.24) is 4.90 Å². The van der Waals surface area contributed by atoms with E-state index in [-0.39, 0.29) is 17.4 Å². The van der Waals surface area contributed by atoms with Crippen LogP contribution in [-0.4, -0.2) is 29.6 Å². The Labute approximate surface area is 130 Å². The van der Waals surface area contributed by atoms with Crippen molar-refractivity contribution in [2.45, 2.75) is 58.5 Å². The molecule has 0 spiro atoms. The van der Waals surface area contributed by atoms with Crippen LogP contribution in [0.5, 0.6) is 0 Å². The Morgan fingerprint density at radius 3 is 2.14 bits per heavy atom. The number of likely N-dealkylation sites (tertiary alicyclic amines) is 1. The van der Waals surface area contributed by atoms with Gasteiger partial charge in [-0.25, -0.2) is 0 Å². The average Bonchev–Trinajstić information content (AvgIpc) is 2.46. The van der Waals surface area contributed by atoms with Crippen LogP contribution in [0.15, 0.2) is 24.3 Å². The van der Waals surface area contributed by atoms with Gasteiger partial charge in [0.25, 0.3) is 0 Å². The van der Waals surface area contributed by atoms with Crippen LogP contribution >= 0.6 is 0 Å². The van der Waals surface area contributed by atoms with E-state index in [1.54, 1.807) is 0 Å². The number of benzene rings is 1. The van der Waals surface area contributed by atoms with E-state index >= 15 is 0 Å². The van der Waals surface area contributed by atoms with Crippen LogP contribution in [0.25, 0.3) is 0 Å². The Morgan fingerprint density at radius 2 is 1.62 bits per heavy atom. The molecule has 21 heavy (non-hydrogen) atoms. The number of aliphatic hydroxyl groups excluding tert-OH is 1. The smallest absolute Gasteiger partial charge is 0.0827 e. The number of piperidine rings is 1. The highest BCUT2D eigenvalue weighted by atomic mass is 16.3. The molecule has 0 amide bonds. The molecule has 2 atom stereocenters. The SMILES string of the molecule is CC(CN1CCCCC1)C(O)c1ccc(C(C)(C)C)cc1. The molecule has 1 N–H and O–H groups in total. The zero-order valence-corrected chi connectivity index (χ0v) is 14.1. The molecule has 0 saturated carbocycles. The molecule has 1 aliphatic heterocycles. The van der Waals surface area contributed by atoms with Crippen LogP contribution in [0.4, 0.5) is 0 Å². The van der Waals surface area contributed by atoms with Crippen molar-refractivity contribution in [3.8, 4) is 0 Å². The quantitative estimate of drug-likeness (QED) is 0.900. The van der Waals surface area contributed by atoms with Gasteiger partial charge in [-0.2, -0.15) is 0 Å². The predicted molar refractivity (Wildman–Crippen MR) is 89.6 cm³/mol. The maximum absolute atomic E-state index is 10.6. The largest absolute Gasteiger partial charge is 0.388 e. The van der Waals surface area contributed by atoms with Crippen LogP contribution in [0.1, 0.15) is 64.2 Å². The lowest BCUT2D eigenvalue weighted by Gasteiger charge is -2.31. The summed E-state index contributed by atoms with van der Waals surface area (Å²) >= 11 is 0. The van der Waals surface area contributed by atoms with Gasteiger partial charge in [0.05, 0.1) is 6.10 Å². The van der Waals surface area contributed by atoms with Gasteiger partial charge in [-0.15, -0.1) is 0 Å². The van der Waals surface area contributed by atoms with Gasteiger partial charge in [-0.05, 0) is 48.4 Å². The highest BCUT2D eigenvalue weighted by Crippen LogP contribution is 2.27. The number of nitrogens with zero attached hydrogens (tertiary/aromatic N) is 1. The van der Waals surface area contributed by atoms with E-state index < -0.39 is 0 Å². The molecule has 1 heterocycles. The summed E-state index contributed by atoms with van der Waals surface area (Å²) < 4.78 is 0. The van der Waals surface area contributed by atoms with Crippen LogP contribution in [0.3, 0.4) is 0 Å². The average molecular weight is 289 g/mol. The third kappa shape index (κ3) is 4.55. The Kier molecular flexibility index (Phi) is 5.45. The van der Waals surface area contributed by atoms with Crippen LogP contribution < -0.4 is 0 Å². The molecular formula is C19H31NO. The van der Waals surface area contributed by atoms with Crippen LogP contribution in [-0.2, 0) is 5.41 Å². The molecule has 1 saturated heterocycles. The summed E-state index contributed by atoms with van der Waals surface area (Å²) in [6.45, 7) is 12.2. The zero-order valence-electron chi connectivity index (χ0n) is 14.1. The minimum atomic E-state index is -0.360. The summed E-state index contributed by atoms with van der Waals surface area (Å²) in [5.74, 6) is 0.281. The first kappa shape index (κ1) is 16.5. The number of hydrogen-bond donors (Lipinski definition) is 1. The maximum Gasteiger partial charge on any atom is 0.0827 e. The van der Waals surface area contributed by atoms with Gasteiger partial charge in [-0.3, -0.25) is 0 Å². The second-order valence-corrected chi connectivity index (χ2v) is 7.66. The van der Waals surface area contributed by atoms with Gasteiger partial charge in [0.2, 0.25) is 0 Å². The molecule has 2 nitrogen and oxygen atoms in total. The molecule has 0 radical (unpaired) electrons. The molecule has 1 aromatic carbocycles. The van der Waals surface area contributed by atoms with Gasteiger partial charge in [0.15, 0.2) is 0 Å². The number of aliphatic hydroxyl groups is 1. The summed E-state index contributed by atoms with van der Waals surface area (Å²) in [4.78, 5) is 2.50. The summed E-state index contributed by atoms with van der Waals surface area (Å²) in [5, 5.41) is 10.6. The molecule has 2 rings (SSSR count). The topological polar surface area (TPSA) is 23.5 Å². The Morgan fingerprint density at radius 1 is 1.05 bits per heavy atom. The molecule has 0 bridgehead atoms. The minimum absolute atomic E-state index is 0.170. The lowest BCUT2D eigenvalue weighted by Crippen LogP contribution is -2.35. The van der Waals surface area contributed by atoms with Gasteiger partial charge in [0.1, 0.15) is 0 Å². The van der Waals surface area contributed by atoms with E-state index in [2.05, 4.69) is 56.9 Å². The molecular weight excluding hydrogens is 258 g/mol. The van der Waals surface area contributed by atoms with Gasteiger partial charge in [0, 0.05) is 6.54 Å². The first-order chi connectivity index (χ1) is 9.88. The first-order valence-electron chi connectivity index (χ1n) is 8.39. The third-order valence-electron chi connectivity index (χ3n) is 4.65. The van der Waals surface area contributed by atoms with Crippen LogP contribution in [0.2, 0.25) is 0 Å². The maximum atomic E-state index is 10.6. The van der Waals surface area contributed by atoms with E-state index in [0.717, 1.165) is 12.1 Å². The fourth-order valence-corrected chi connectivity index (χ4v) is 3.16. The Bertz CT molecular complexity index is 426. The predicted octanol–water partition coefficient (Wildman–Crippen LogP) is 4.14. The van der Waals surface area contributed by atoms with E-state index in [1.807, 2.05) is 0 Å². The third-order valence-corrected chi connectivity index (χ3v) is 4.65. The minimum Gasteiger partial charge on any atom is -0.388 e. The van der Waals surface area contributed by atoms with E-state index in [4.69, 9.17) is 0 Å². The lowest BCUT2D eigenvalue weighted by molar-refractivity contribution is 0.0820. The molecule has 1 fully saturated rings. The summed E-state index contributed by atoms with van der Waals surface area (Å²) in [7, 11) is 0. The summed E-state index contributed by atoms with van der Waals surface area (Å²) in [6, 6.07) is 8.51. The molecule has 1 aromatic rings.